The number of fused-ring (bicyclic) bond motifs is 1. The van der Waals surface area contributed by atoms with Gasteiger partial charge in [0.05, 0.1) is 20.3 Å². The number of nitrogens with zero attached hydrogens (tertiary/aromatic N) is 1. The summed E-state index contributed by atoms with van der Waals surface area (Å²) in [6, 6.07) is 3.41. The Kier molecular flexibility index (Phi) is 4.31. The van der Waals surface area contributed by atoms with E-state index >= 15 is 0 Å². The van der Waals surface area contributed by atoms with E-state index in [-0.39, 0.29) is 34.3 Å². The van der Waals surface area contributed by atoms with Gasteiger partial charge in [0.15, 0.2) is 17.6 Å². The molecule has 4 rings (SSSR count). The maximum atomic E-state index is 12.6. The molecule has 9 heteroatoms. The van der Waals surface area contributed by atoms with Gasteiger partial charge in [0, 0.05) is 18.8 Å². The summed E-state index contributed by atoms with van der Waals surface area (Å²) in [6.07, 6.45) is 0.609. The molecule has 2 aliphatic rings. The largest absolute Gasteiger partial charge is 0.493 e. The number of aromatic amines is 1. The highest BCUT2D eigenvalue weighted by atomic mass is 16.6. The molecule has 0 amide bonds. The Morgan fingerprint density at radius 3 is 2.59 bits per heavy atom. The molecule has 1 atom stereocenters. The van der Waals surface area contributed by atoms with Crippen LogP contribution in [0.2, 0.25) is 0 Å². The predicted octanol–water partition coefficient (Wildman–Crippen LogP) is 1.39. The number of benzene rings is 1. The van der Waals surface area contributed by atoms with Crippen molar-refractivity contribution in [3.8, 4) is 11.5 Å². The van der Waals surface area contributed by atoms with Crippen LogP contribution in [0.25, 0.3) is 0 Å². The molecular formula is C18H21N3O6. The van der Waals surface area contributed by atoms with Crippen LogP contribution in [0.5, 0.6) is 11.5 Å². The second-order valence-electron chi connectivity index (χ2n) is 6.50. The van der Waals surface area contributed by atoms with Crippen molar-refractivity contribution in [2.24, 2.45) is 0 Å². The number of carbonyl (C=O) groups is 1. The van der Waals surface area contributed by atoms with Crippen LogP contribution in [-0.2, 0) is 9.47 Å². The standard InChI is InChI=1S/C18H21N3O6/c1-24-11-4-3-10-12(15(11)25-2)18(23)27-14(10)13-16(19)21(20-17(13)22)9-5-7-26-8-6-9/h3-4,9,14H,5-8,19H2,1-2H3,(H,20,22). The lowest BCUT2D eigenvalue weighted by atomic mass is 9.99. The summed E-state index contributed by atoms with van der Waals surface area (Å²) in [4.78, 5) is 25.1. The molecule has 0 radical (unpaired) electrons. The van der Waals surface area contributed by atoms with Gasteiger partial charge in [0.2, 0.25) is 0 Å². The van der Waals surface area contributed by atoms with Crippen LogP contribution in [-0.4, -0.2) is 43.2 Å². The lowest BCUT2D eigenvalue weighted by molar-refractivity contribution is 0.0453. The number of hydrogen-bond acceptors (Lipinski definition) is 7. The lowest BCUT2D eigenvalue weighted by Gasteiger charge is -2.24. The molecule has 9 nitrogen and oxygen atoms in total. The Bertz CT molecular complexity index is 941. The number of nitrogens with one attached hydrogen (secondary N) is 1. The van der Waals surface area contributed by atoms with Crippen molar-refractivity contribution in [1.82, 2.24) is 9.78 Å². The van der Waals surface area contributed by atoms with Gasteiger partial charge in [-0.05, 0) is 18.9 Å². The molecule has 3 heterocycles. The molecule has 0 bridgehead atoms. The van der Waals surface area contributed by atoms with Gasteiger partial charge in [-0.15, -0.1) is 0 Å². The monoisotopic (exact) mass is 375 g/mol. The van der Waals surface area contributed by atoms with Gasteiger partial charge in [0.1, 0.15) is 16.9 Å². The first-order valence-electron chi connectivity index (χ1n) is 8.70. The third kappa shape index (κ3) is 2.66. The molecular weight excluding hydrogens is 354 g/mol. The van der Waals surface area contributed by atoms with E-state index in [9.17, 15) is 9.59 Å². The minimum atomic E-state index is -0.892. The third-order valence-electron chi connectivity index (χ3n) is 5.11. The molecule has 1 fully saturated rings. The number of anilines is 1. The first-order valence-corrected chi connectivity index (χ1v) is 8.70. The molecule has 27 heavy (non-hydrogen) atoms. The normalized spacial score (nSPS) is 19.6. The topological polar surface area (TPSA) is 118 Å². The summed E-state index contributed by atoms with van der Waals surface area (Å²) in [6.45, 7) is 1.22. The van der Waals surface area contributed by atoms with Crippen LogP contribution in [0.4, 0.5) is 5.82 Å². The van der Waals surface area contributed by atoms with Gasteiger partial charge in [-0.25, -0.2) is 4.79 Å². The minimum absolute atomic E-state index is 0.0437. The van der Waals surface area contributed by atoms with E-state index in [1.807, 2.05) is 0 Å². The summed E-state index contributed by atoms with van der Waals surface area (Å²) in [5, 5.41) is 2.79. The van der Waals surface area contributed by atoms with Crippen molar-refractivity contribution >= 4 is 11.8 Å². The molecule has 2 aliphatic heterocycles. The van der Waals surface area contributed by atoms with Gasteiger partial charge >= 0.3 is 5.97 Å². The first-order chi connectivity index (χ1) is 13.1. The zero-order chi connectivity index (χ0) is 19.1. The van der Waals surface area contributed by atoms with Crippen molar-refractivity contribution in [3.63, 3.8) is 0 Å². The average Bonchev–Trinajstić information content (AvgIpc) is 3.17. The number of aromatic nitrogens is 2. The maximum absolute atomic E-state index is 12.6. The third-order valence-corrected chi connectivity index (χ3v) is 5.11. The number of hydrogen-bond donors (Lipinski definition) is 2. The van der Waals surface area contributed by atoms with E-state index in [2.05, 4.69) is 5.10 Å². The molecule has 0 spiro atoms. The number of H-pyrrole nitrogens is 1. The van der Waals surface area contributed by atoms with Crippen LogP contribution in [0.3, 0.4) is 0 Å². The van der Waals surface area contributed by atoms with Crippen molar-refractivity contribution < 1.29 is 23.7 Å². The van der Waals surface area contributed by atoms with E-state index in [4.69, 9.17) is 24.7 Å². The Labute approximate surface area is 154 Å². The van der Waals surface area contributed by atoms with Crippen LogP contribution in [0, 0.1) is 0 Å². The van der Waals surface area contributed by atoms with Gasteiger partial charge in [-0.2, -0.15) is 0 Å². The van der Waals surface area contributed by atoms with E-state index in [0.717, 1.165) is 12.8 Å². The van der Waals surface area contributed by atoms with Crippen LogP contribution < -0.4 is 20.8 Å². The zero-order valence-corrected chi connectivity index (χ0v) is 15.1. The Morgan fingerprint density at radius 1 is 1.19 bits per heavy atom. The molecule has 0 saturated carbocycles. The highest BCUT2D eigenvalue weighted by molar-refractivity contribution is 5.98. The van der Waals surface area contributed by atoms with E-state index in [1.54, 1.807) is 16.8 Å². The second-order valence-corrected chi connectivity index (χ2v) is 6.50. The molecule has 3 N–H and O–H groups in total. The summed E-state index contributed by atoms with van der Waals surface area (Å²) in [5.41, 5.74) is 6.91. The van der Waals surface area contributed by atoms with Gasteiger partial charge < -0.3 is 24.7 Å². The van der Waals surface area contributed by atoms with Gasteiger partial charge in [-0.3, -0.25) is 14.6 Å². The van der Waals surface area contributed by atoms with Crippen molar-refractivity contribution in [3.05, 3.63) is 39.2 Å². The number of nitrogens with two attached hydrogens (primary N) is 1. The molecule has 1 aromatic carbocycles. The van der Waals surface area contributed by atoms with E-state index in [1.165, 1.54) is 14.2 Å². The van der Waals surface area contributed by atoms with Crippen molar-refractivity contribution in [2.45, 2.75) is 25.0 Å². The highest BCUT2D eigenvalue weighted by Gasteiger charge is 2.40. The average molecular weight is 375 g/mol. The van der Waals surface area contributed by atoms with Gasteiger partial charge in [0.25, 0.3) is 5.56 Å². The SMILES string of the molecule is COc1ccc2c(c1OC)C(=O)OC2c1c(N)n(C2CCOCC2)[nH]c1=O. The fourth-order valence-electron chi connectivity index (χ4n) is 3.78. The number of ether oxygens (including phenoxy) is 4. The zero-order valence-electron chi connectivity index (χ0n) is 15.1. The van der Waals surface area contributed by atoms with Crippen LogP contribution >= 0.6 is 0 Å². The summed E-state index contributed by atoms with van der Waals surface area (Å²) in [5.74, 6) is 0.382. The Hall–Kier alpha value is -2.94. The Balaban J connectivity index is 1.80. The number of nitrogen functional groups attached to an aromatic ring is 1. The highest BCUT2D eigenvalue weighted by Crippen LogP contribution is 2.44. The second kappa shape index (κ2) is 6.66. The fraction of sp³-hybridized carbons (Fsp3) is 0.444. The molecule has 1 aromatic heterocycles. The number of methoxy groups -OCH3 is 2. The van der Waals surface area contributed by atoms with Gasteiger partial charge in [-0.1, -0.05) is 6.07 Å². The number of esters is 1. The van der Waals surface area contributed by atoms with Crippen LogP contribution in [0.15, 0.2) is 16.9 Å². The molecule has 0 aliphatic carbocycles. The summed E-state index contributed by atoms with van der Waals surface area (Å²) >= 11 is 0. The minimum Gasteiger partial charge on any atom is -0.493 e. The Morgan fingerprint density at radius 2 is 1.93 bits per heavy atom. The van der Waals surface area contributed by atoms with Crippen LogP contribution in [0.1, 0.15) is 46.5 Å². The molecule has 144 valence electrons. The first kappa shape index (κ1) is 17.5. The summed E-state index contributed by atoms with van der Waals surface area (Å²) in [7, 11) is 2.93. The number of carbonyl (C=O) groups excluding carboxylic acids is 1. The van der Waals surface area contributed by atoms with Crippen molar-refractivity contribution in [1.29, 1.82) is 0 Å². The van der Waals surface area contributed by atoms with E-state index < -0.39 is 12.1 Å². The van der Waals surface area contributed by atoms with E-state index in [0.29, 0.717) is 24.5 Å². The van der Waals surface area contributed by atoms with Crippen molar-refractivity contribution in [2.75, 3.05) is 33.2 Å². The molecule has 1 saturated heterocycles. The summed E-state index contributed by atoms with van der Waals surface area (Å²) < 4.78 is 23.1. The predicted molar refractivity (Wildman–Crippen MR) is 95.4 cm³/mol. The smallest absolute Gasteiger partial charge is 0.343 e. The lowest BCUT2D eigenvalue weighted by Crippen LogP contribution is -2.22. The molecule has 2 aromatic rings. The number of rotatable bonds is 4. The quantitative estimate of drug-likeness (QED) is 0.775. The molecule has 1 unspecified atom stereocenters. The number of cyclic esters (lactones) is 1. The maximum Gasteiger partial charge on any atom is 0.343 e. The fourth-order valence-corrected chi connectivity index (χ4v) is 3.78.